The Labute approximate surface area is 156 Å². The number of rotatable bonds is 8. The van der Waals surface area contributed by atoms with Crippen molar-refractivity contribution in [2.75, 3.05) is 11.9 Å². The second-order valence-electron chi connectivity index (χ2n) is 5.87. The zero-order valence-electron chi connectivity index (χ0n) is 14.7. The molecule has 0 spiro atoms. The molecule has 138 valence electrons. The SMILES string of the molecule is CC(C)OC(=O)c1ccc(NC(=O)COC(=O)CCc2ccsc2)cc1. The molecule has 2 aromatic rings. The summed E-state index contributed by atoms with van der Waals surface area (Å²) in [7, 11) is 0. The molecule has 1 aromatic heterocycles. The normalized spacial score (nSPS) is 10.4. The molecule has 1 aromatic carbocycles. The summed E-state index contributed by atoms with van der Waals surface area (Å²) in [5.74, 6) is -1.28. The van der Waals surface area contributed by atoms with E-state index < -0.39 is 17.8 Å². The van der Waals surface area contributed by atoms with Crippen LogP contribution in [0.2, 0.25) is 0 Å². The number of nitrogens with one attached hydrogen (secondary N) is 1. The summed E-state index contributed by atoms with van der Waals surface area (Å²) >= 11 is 1.57. The quantitative estimate of drug-likeness (QED) is 0.715. The fourth-order valence-corrected chi connectivity index (χ4v) is 2.77. The number of thiophene rings is 1. The smallest absolute Gasteiger partial charge is 0.338 e. The Morgan fingerprint density at radius 2 is 1.85 bits per heavy atom. The van der Waals surface area contributed by atoms with Gasteiger partial charge in [-0.3, -0.25) is 9.59 Å². The van der Waals surface area contributed by atoms with Crippen molar-refractivity contribution < 1.29 is 23.9 Å². The van der Waals surface area contributed by atoms with Gasteiger partial charge in [0.05, 0.1) is 11.7 Å². The van der Waals surface area contributed by atoms with Crippen molar-refractivity contribution in [3.05, 3.63) is 52.2 Å². The second kappa shape index (κ2) is 9.72. The molecule has 2 rings (SSSR count). The number of carbonyl (C=O) groups excluding carboxylic acids is 3. The number of benzene rings is 1. The average Bonchev–Trinajstić information content (AvgIpc) is 3.11. The van der Waals surface area contributed by atoms with E-state index >= 15 is 0 Å². The lowest BCUT2D eigenvalue weighted by molar-refractivity contribution is -0.147. The van der Waals surface area contributed by atoms with Crippen LogP contribution in [0.1, 0.15) is 36.2 Å². The third-order valence-corrected chi connectivity index (χ3v) is 4.04. The van der Waals surface area contributed by atoms with Crippen LogP contribution in [0.15, 0.2) is 41.1 Å². The molecule has 0 saturated carbocycles. The maximum atomic E-state index is 11.8. The van der Waals surface area contributed by atoms with Crippen molar-refractivity contribution in [1.29, 1.82) is 0 Å². The van der Waals surface area contributed by atoms with Crippen molar-refractivity contribution in [3.8, 4) is 0 Å². The lowest BCUT2D eigenvalue weighted by Crippen LogP contribution is -2.21. The number of amides is 1. The van der Waals surface area contributed by atoms with Gasteiger partial charge in [0.25, 0.3) is 5.91 Å². The van der Waals surface area contributed by atoms with Gasteiger partial charge in [0.1, 0.15) is 0 Å². The number of hydrogen-bond donors (Lipinski definition) is 1. The summed E-state index contributed by atoms with van der Waals surface area (Å²) in [6.07, 6.45) is 0.630. The Balaban J connectivity index is 1.73. The van der Waals surface area contributed by atoms with Gasteiger partial charge in [-0.15, -0.1) is 0 Å². The van der Waals surface area contributed by atoms with Crippen LogP contribution >= 0.6 is 11.3 Å². The van der Waals surface area contributed by atoms with Gasteiger partial charge in [-0.25, -0.2) is 4.79 Å². The molecule has 6 nitrogen and oxygen atoms in total. The van der Waals surface area contributed by atoms with Crippen LogP contribution in [-0.2, 0) is 25.5 Å². The number of ether oxygens (including phenoxy) is 2. The van der Waals surface area contributed by atoms with Crippen LogP contribution in [0.25, 0.3) is 0 Å². The highest BCUT2D eigenvalue weighted by molar-refractivity contribution is 7.07. The molecule has 1 heterocycles. The molecule has 0 saturated heterocycles. The summed E-state index contributed by atoms with van der Waals surface area (Å²) < 4.78 is 10.0. The summed E-state index contributed by atoms with van der Waals surface area (Å²) in [6, 6.07) is 8.26. The molecule has 1 N–H and O–H groups in total. The first kappa shape index (κ1) is 19.7. The molecule has 26 heavy (non-hydrogen) atoms. The molecule has 0 aliphatic rings. The molecular weight excluding hydrogens is 354 g/mol. The van der Waals surface area contributed by atoms with Crippen molar-refractivity contribution >= 4 is 34.9 Å². The lowest BCUT2D eigenvalue weighted by atomic mass is 10.2. The highest BCUT2D eigenvalue weighted by atomic mass is 32.1. The van der Waals surface area contributed by atoms with Gasteiger partial charge in [0.15, 0.2) is 6.61 Å². The van der Waals surface area contributed by atoms with Gasteiger partial charge in [-0.05, 0) is 66.9 Å². The number of esters is 2. The second-order valence-corrected chi connectivity index (χ2v) is 6.65. The van der Waals surface area contributed by atoms with E-state index in [9.17, 15) is 14.4 Å². The molecule has 0 aliphatic heterocycles. The molecule has 0 aliphatic carbocycles. The van der Waals surface area contributed by atoms with E-state index in [2.05, 4.69) is 5.32 Å². The highest BCUT2D eigenvalue weighted by Crippen LogP contribution is 2.12. The van der Waals surface area contributed by atoms with Gasteiger partial charge in [-0.1, -0.05) is 0 Å². The minimum absolute atomic E-state index is 0.198. The fraction of sp³-hybridized carbons (Fsp3) is 0.316. The predicted molar refractivity (Wildman–Crippen MR) is 99.2 cm³/mol. The number of aryl methyl sites for hydroxylation is 1. The van der Waals surface area contributed by atoms with Gasteiger partial charge in [-0.2, -0.15) is 11.3 Å². The molecule has 0 fully saturated rings. The molecular formula is C19H21NO5S. The monoisotopic (exact) mass is 375 g/mol. The molecule has 0 radical (unpaired) electrons. The van der Waals surface area contributed by atoms with Crippen LogP contribution in [0, 0.1) is 0 Å². The number of hydrogen-bond acceptors (Lipinski definition) is 6. The van der Waals surface area contributed by atoms with Crippen molar-refractivity contribution in [2.45, 2.75) is 32.8 Å². The van der Waals surface area contributed by atoms with Crippen molar-refractivity contribution in [1.82, 2.24) is 0 Å². The summed E-state index contributed by atoms with van der Waals surface area (Å²) in [5, 5.41) is 6.53. The topological polar surface area (TPSA) is 81.7 Å². The first-order valence-electron chi connectivity index (χ1n) is 8.21. The first-order valence-corrected chi connectivity index (χ1v) is 9.16. The predicted octanol–water partition coefficient (Wildman–Crippen LogP) is 3.43. The Bertz CT molecular complexity index is 738. The Morgan fingerprint density at radius 3 is 2.46 bits per heavy atom. The minimum atomic E-state index is -0.439. The first-order chi connectivity index (χ1) is 12.4. The third kappa shape index (κ3) is 6.68. The highest BCUT2D eigenvalue weighted by Gasteiger charge is 2.11. The van der Waals surface area contributed by atoms with Crippen LogP contribution in [0.3, 0.4) is 0 Å². The van der Waals surface area contributed by atoms with Crippen molar-refractivity contribution in [2.24, 2.45) is 0 Å². The van der Waals surface area contributed by atoms with E-state index in [0.29, 0.717) is 17.7 Å². The summed E-state index contributed by atoms with van der Waals surface area (Å²) in [4.78, 5) is 35.2. The fourth-order valence-electron chi connectivity index (χ4n) is 2.07. The molecule has 1 amide bonds. The lowest BCUT2D eigenvalue weighted by Gasteiger charge is -2.09. The maximum Gasteiger partial charge on any atom is 0.338 e. The Hall–Kier alpha value is -2.67. The van der Waals surface area contributed by atoms with Crippen LogP contribution in [-0.4, -0.2) is 30.6 Å². The van der Waals surface area contributed by atoms with Crippen LogP contribution < -0.4 is 5.32 Å². The maximum absolute atomic E-state index is 11.8. The Morgan fingerprint density at radius 1 is 1.12 bits per heavy atom. The van der Waals surface area contributed by atoms with Crippen LogP contribution in [0.4, 0.5) is 5.69 Å². The van der Waals surface area contributed by atoms with Gasteiger partial charge >= 0.3 is 11.9 Å². The molecule has 0 unspecified atom stereocenters. The summed E-state index contributed by atoms with van der Waals surface area (Å²) in [6.45, 7) is 3.20. The van der Waals surface area contributed by atoms with Crippen LogP contribution in [0.5, 0.6) is 0 Å². The van der Waals surface area contributed by atoms with E-state index in [4.69, 9.17) is 9.47 Å². The van der Waals surface area contributed by atoms with E-state index in [1.165, 1.54) is 0 Å². The third-order valence-electron chi connectivity index (χ3n) is 3.31. The zero-order chi connectivity index (χ0) is 18.9. The zero-order valence-corrected chi connectivity index (χ0v) is 15.5. The van der Waals surface area contributed by atoms with E-state index in [-0.39, 0.29) is 19.1 Å². The van der Waals surface area contributed by atoms with Gasteiger partial charge < -0.3 is 14.8 Å². The molecule has 0 bridgehead atoms. The molecule has 0 atom stereocenters. The van der Waals surface area contributed by atoms with Gasteiger partial charge in [0, 0.05) is 12.1 Å². The largest absolute Gasteiger partial charge is 0.459 e. The Kier molecular flexibility index (Phi) is 7.35. The minimum Gasteiger partial charge on any atom is -0.459 e. The van der Waals surface area contributed by atoms with Crippen molar-refractivity contribution in [3.63, 3.8) is 0 Å². The van der Waals surface area contributed by atoms with E-state index in [0.717, 1.165) is 5.56 Å². The molecule has 7 heteroatoms. The summed E-state index contributed by atoms with van der Waals surface area (Å²) in [5.41, 5.74) is 1.98. The number of anilines is 1. The van der Waals surface area contributed by atoms with E-state index in [1.807, 2.05) is 16.8 Å². The van der Waals surface area contributed by atoms with Gasteiger partial charge in [0.2, 0.25) is 0 Å². The number of carbonyl (C=O) groups is 3. The average molecular weight is 375 g/mol. The standard InChI is InChI=1S/C19H21NO5S/c1-13(2)25-19(23)15-4-6-16(7-5-15)20-17(21)11-24-18(22)8-3-14-9-10-26-12-14/h4-7,9-10,12-13H,3,8,11H2,1-2H3,(H,20,21). The van der Waals surface area contributed by atoms with E-state index in [1.54, 1.807) is 49.4 Å².